The number of pyridine rings is 1. The third-order valence-corrected chi connectivity index (χ3v) is 2.90. The van der Waals surface area contributed by atoms with E-state index in [1.54, 1.807) is 13.8 Å². The first-order valence-corrected chi connectivity index (χ1v) is 6.72. The van der Waals surface area contributed by atoms with Crippen LogP contribution in [0.3, 0.4) is 0 Å². The number of nitrogens with zero attached hydrogens (tertiary/aromatic N) is 1. The van der Waals surface area contributed by atoms with Gasteiger partial charge in [0.05, 0.1) is 23.8 Å². The van der Waals surface area contributed by atoms with Crippen molar-refractivity contribution in [2.75, 3.05) is 13.2 Å². The molecule has 1 aromatic heterocycles. The second-order valence-electron chi connectivity index (χ2n) is 3.63. The van der Waals surface area contributed by atoms with E-state index in [-0.39, 0.29) is 18.8 Å². The van der Waals surface area contributed by atoms with Gasteiger partial charge in [0.15, 0.2) is 11.0 Å². The fraction of sp³-hybridized carbons (Fsp3) is 0.308. The highest BCUT2D eigenvalue weighted by Gasteiger charge is 2.26. The number of rotatable bonds is 6. The van der Waals surface area contributed by atoms with Crippen molar-refractivity contribution in [3.05, 3.63) is 39.6 Å². The number of carbonyl (C=O) groups excluding carboxylic acids is 2. The Kier molecular flexibility index (Phi) is 6.58. The van der Waals surface area contributed by atoms with Crippen LogP contribution in [-0.2, 0) is 14.3 Å². The first-order valence-electron chi connectivity index (χ1n) is 5.97. The predicted molar refractivity (Wildman–Crippen MR) is 74.9 cm³/mol. The lowest BCUT2D eigenvalue weighted by atomic mass is 10.1. The first-order chi connectivity index (χ1) is 9.93. The average molecular weight is 336 g/mol. The van der Waals surface area contributed by atoms with Crippen LogP contribution < -0.4 is 0 Å². The molecule has 0 saturated carbocycles. The Morgan fingerprint density at radius 2 is 2.00 bits per heavy atom. The molecule has 1 heterocycles. The van der Waals surface area contributed by atoms with Crippen molar-refractivity contribution >= 4 is 35.0 Å². The summed E-state index contributed by atoms with van der Waals surface area (Å²) in [5, 5.41) is -0.991. The highest BCUT2D eigenvalue weighted by Crippen LogP contribution is 2.26. The summed E-state index contributed by atoms with van der Waals surface area (Å²) in [6.07, 6.45) is 1.93. The van der Waals surface area contributed by atoms with Gasteiger partial charge < -0.3 is 9.47 Å². The van der Waals surface area contributed by atoms with Gasteiger partial charge in [0.1, 0.15) is 11.8 Å². The second kappa shape index (κ2) is 7.95. The summed E-state index contributed by atoms with van der Waals surface area (Å²) in [6, 6.07) is 0. The molecule has 1 rings (SSSR count). The third-order valence-electron chi connectivity index (χ3n) is 2.27. The topological polar surface area (TPSA) is 65.5 Å². The minimum atomic E-state index is -1.04. The van der Waals surface area contributed by atoms with E-state index >= 15 is 0 Å². The molecule has 0 atom stereocenters. The minimum Gasteiger partial charge on any atom is -0.500 e. The number of halogens is 3. The smallest absolute Gasteiger partial charge is 0.345 e. The van der Waals surface area contributed by atoms with Crippen molar-refractivity contribution in [2.24, 2.45) is 0 Å². The molecule has 0 amide bonds. The lowest BCUT2D eigenvalue weighted by molar-refractivity contribution is -0.138. The molecule has 21 heavy (non-hydrogen) atoms. The van der Waals surface area contributed by atoms with E-state index in [1.165, 1.54) is 0 Å². The zero-order valence-electron chi connectivity index (χ0n) is 11.3. The highest BCUT2D eigenvalue weighted by molar-refractivity contribution is 6.38. The van der Waals surface area contributed by atoms with Crippen LogP contribution >= 0.6 is 23.2 Å². The Morgan fingerprint density at radius 3 is 2.57 bits per heavy atom. The van der Waals surface area contributed by atoms with Crippen LogP contribution in [0.25, 0.3) is 0 Å². The van der Waals surface area contributed by atoms with Crippen molar-refractivity contribution in [2.45, 2.75) is 13.8 Å². The second-order valence-corrected chi connectivity index (χ2v) is 4.36. The standard InChI is InChI=1S/C13H12Cl2FNO4/c1-3-20-6-8(13(19)21-4-2)11(18)7-5-17-12(15)10(16)9(7)14/h5-6H,3-4H2,1-2H3. The summed E-state index contributed by atoms with van der Waals surface area (Å²) in [5.74, 6) is -2.80. The number of hydrogen-bond acceptors (Lipinski definition) is 5. The SMILES string of the molecule is CCOC=C(C(=O)OCC)C(=O)c1cnc(Cl)c(F)c1Cl. The van der Waals surface area contributed by atoms with Crippen LogP contribution in [0.15, 0.2) is 18.0 Å². The van der Waals surface area contributed by atoms with Gasteiger partial charge in [0.25, 0.3) is 0 Å². The van der Waals surface area contributed by atoms with Crippen LogP contribution in [0.4, 0.5) is 4.39 Å². The van der Waals surface area contributed by atoms with Crippen molar-refractivity contribution in [1.29, 1.82) is 0 Å². The molecule has 0 radical (unpaired) electrons. The fourth-order valence-electron chi connectivity index (χ4n) is 1.32. The molecular weight excluding hydrogens is 324 g/mol. The molecule has 0 unspecified atom stereocenters. The van der Waals surface area contributed by atoms with E-state index in [0.29, 0.717) is 0 Å². The summed E-state index contributed by atoms with van der Waals surface area (Å²) in [5.41, 5.74) is -0.721. The minimum absolute atomic E-state index is 0.0660. The largest absolute Gasteiger partial charge is 0.500 e. The van der Waals surface area contributed by atoms with Crippen LogP contribution in [0.1, 0.15) is 24.2 Å². The molecular formula is C13H12Cl2FNO4. The Morgan fingerprint density at radius 1 is 1.33 bits per heavy atom. The molecule has 0 N–H and O–H groups in total. The Hall–Kier alpha value is -1.66. The van der Waals surface area contributed by atoms with Gasteiger partial charge in [-0.3, -0.25) is 4.79 Å². The van der Waals surface area contributed by atoms with Crippen LogP contribution in [0.2, 0.25) is 10.2 Å². The summed E-state index contributed by atoms with van der Waals surface area (Å²) in [6.45, 7) is 3.55. The van der Waals surface area contributed by atoms with Gasteiger partial charge in [-0.1, -0.05) is 23.2 Å². The Balaban J connectivity index is 3.23. The van der Waals surface area contributed by atoms with E-state index in [2.05, 4.69) is 4.98 Å². The lowest BCUT2D eigenvalue weighted by Gasteiger charge is -2.08. The lowest BCUT2D eigenvalue weighted by Crippen LogP contribution is -2.17. The average Bonchev–Trinajstić information content (AvgIpc) is 2.45. The molecule has 0 saturated heterocycles. The molecule has 0 spiro atoms. The summed E-state index contributed by atoms with van der Waals surface area (Å²) in [4.78, 5) is 27.5. The number of hydrogen-bond donors (Lipinski definition) is 0. The molecule has 0 aliphatic heterocycles. The number of carbonyl (C=O) groups is 2. The normalized spacial score (nSPS) is 11.2. The number of esters is 1. The maximum absolute atomic E-state index is 13.6. The highest BCUT2D eigenvalue weighted by atomic mass is 35.5. The zero-order valence-corrected chi connectivity index (χ0v) is 12.8. The number of aromatic nitrogens is 1. The van der Waals surface area contributed by atoms with E-state index < -0.39 is 33.3 Å². The van der Waals surface area contributed by atoms with Gasteiger partial charge in [-0.15, -0.1) is 0 Å². The zero-order chi connectivity index (χ0) is 16.0. The Labute approximate surface area is 130 Å². The van der Waals surface area contributed by atoms with Gasteiger partial charge in [-0.25, -0.2) is 14.2 Å². The molecule has 0 fully saturated rings. The van der Waals surface area contributed by atoms with Crippen molar-refractivity contribution in [1.82, 2.24) is 4.98 Å². The maximum atomic E-state index is 13.6. The van der Waals surface area contributed by atoms with Crippen LogP contribution in [0.5, 0.6) is 0 Å². The molecule has 0 bridgehead atoms. The molecule has 5 nitrogen and oxygen atoms in total. The fourth-order valence-corrected chi connectivity index (χ4v) is 1.73. The monoisotopic (exact) mass is 335 g/mol. The maximum Gasteiger partial charge on any atom is 0.345 e. The summed E-state index contributed by atoms with van der Waals surface area (Å²) >= 11 is 11.2. The number of ketones is 1. The molecule has 0 aromatic carbocycles. The van der Waals surface area contributed by atoms with Crippen LogP contribution in [0, 0.1) is 5.82 Å². The molecule has 0 aliphatic carbocycles. The third kappa shape index (κ3) is 4.15. The van der Waals surface area contributed by atoms with E-state index in [9.17, 15) is 14.0 Å². The number of Topliss-reactive ketones (excluding diaryl/α,β-unsaturated/α-hetero) is 1. The van der Waals surface area contributed by atoms with Gasteiger partial charge in [-0.2, -0.15) is 0 Å². The predicted octanol–water partition coefficient (Wildman–Crippen LogP) is 3.19. The molecule has 0 aliphatic rings. The first kappa shape index (κ1) is 17.4. The molecule has 114 valence electrons. The number of ether oxygens (including phenoxy) is 2. The molecule has 8 heteroatoms. The van der Waals surface area contributed by atoms with Gasteiger partial charge in [-0.05, 0) is 13.8 Å². The van der Waals surface area contributed by atoms with Crippen molar-refractivity contribution < 1.29 is 23.5 Å². The molecule has 1 aromatic rings. The van der Waals surface area contributed by atoms with E-state index in [0.717, 1.165) is 12.5 Å². The van der Waals surface area contributed by atoms with E-state index in [4.69, 9.17) is 32.7 Å². The van der Waals surface area contributed by atoms with Crippen molar-refractivity contribution in [3.63, 3.8) is 0 Å². The Bertz CT molecular complexity index is 590. The van der Waals surface area contributed by atoms with Crippen LogP contribution in [-0.4, -0.2) is 30.0 Å². The van der Waals surface area contributed by atoms with Gasteiger partial charge in [0.2, 0.25) is 5.78 Å². The van der Waals surface area contributed by atoms with Gasteiger partial charge in [0, 0.05) is 6.20 Å². The summed E-state index contributed by atoms with van der Waals surface area (Å²) < 4.78 is 23.2. The van der Waals surface area contributed by atoms with Crippen molar-refractivity contribution in [3.8, 4) is 0 Å². The summed E-state index contributed by atoms with van der Waals surface area (Å²) in [7, 11) is 0. The van der Waals surface area contributed by atoms with E-state index in [1.807, 2.05) is 0 Å². The quantitative estimate of drug-likeness (QED) is 0.152. The van der Waals surface area contributed by atoms with Gasteiger partial charge >= 0.3 is 5.97 Å².